The minimum absolute atomic E-state index is 0.0336. The number of carbonyl (C=O) groups is 2. The van der Waals surface area contributed by atoms with Crippen LogP contribution in [0.5, 0.6) is 0 Å². The first-order chi connectivity index (χ1) is 16.5. The summed E-state index contributed by atoms with van der Waals surface area (Å²) in [5, 5.41) is 5.78. The van der Waals surface area contributed by atoms with E-state index in [0.29, 0.717) is 5.56 Å². The minimum atomic E-state index is -2.84. The molecule has 4 aromatic rings. The Bertz CT molecular complexity index is 1220. The summed E-state index contributed by atoms with van der Waals surface area (Å²) < 4.78 is 0. The average Bonchev–Trinajstić information content (AvgIpc) is 2.89. The molecule has 0 radical (unpaired) electrons. The van der Waals surface area contributed by atoms with Gasteiger partial charge in [0.25, 0.3) is 11.8 Å². The summed E-state index contributed by atoms with van der Waals surface area (Å²) in [7, 11) is -2.84. The third kappa shape index (κ3) is 4.49. The molecule has 4 aromatic carbocycles. The smallest absolute Gasteiger partial charge is 0.285 e. The van der Waals surface area contributed by atoms with Gasteiger partial charge in [-0.3, -0.25) is 9.59 Å². The Hall–Kier alpha value is -3.79. The largest absolute Gasteiger partial charge is 0.758 e. The molecule has 6 heteroatoms. The van der Waals surface area contributed by atoms with E-state index < -0.39 is 19.1 Å². The Morgan fingerprint density at radius 3 is 1.32 bits per heavy atom. The number of hydrogen-bond acceptors (Lipinski definition) is 3. The maximum atomic E-state index is 13.2. The highest BCUT2D eigenvalue weighted by Gasteiger charge is 2.52. The van der Waals surface area contributed by atoms with Gasteiger partial charge in [0.15, 0.2) is 5.31 Å². The van der Waals surface area contributed by atoms with Gasteiger partial charge in [0.1, 0.15) is 23.2 Å². The van der Waals surface area contributed by atoms with Crippen LogP contribution in [-0.4, -0.2) is 11.8 Å². The van der Waals surface area contributed by atoms with Crippen molar-refractivity contribution in [2.75, 3.05) is 0 Å². The van der Waals surface area contributed by atoms with Crippen LogP contribution in [0, 0.1) is 0 Å². The Balaban J connectivity index is 2.04. The molecular formula is C28H23N2O2PS. The van der Waals surface area contributed by atoms with E-state index in [1.165, 1.54) is 0 Å². The molecule has 0 aliphatic carbocycles. The number of carbonyl (C=O) groups excluding carboxylic acids is 2. The van der Waals surface area contributed by atoms with Crippen LogP contribution in [0.1, 0.15) is 10.4 Å². The molecule has 34 heavy (non-hydrogen) atoms. The molecule has 4 nitrogen and oxygen atoms in total. The highest BCUT2D eigenvalue weighted by atomic mass is 32.1. The SMILES string of the molecule is NC(=O)/C(=C(/[S-])NC(=O)c1ccccc1)[P+](c1ccccc1)(c1ccccc1)c1ccccc1. The van der Waals surface area contributed by atoms with Crippen LogP contribution >= 0.6 is 7.26 Å². The third-order valence-corrected chi connectivity index (χ3v) is 10.3. The van der Waals surface area contributed by atoms with E-state index in [-0.39, 0.29) is 10.3 Å². The molecule has 0 saturated heterocycles. The molecule has 0 unspecified atom stereocenters. The second kappa shape index (κ2) is 10.4. The van der Waals surface area contributed by atoms with E-state index in [1.54, 1.807) is 24.3 Å². The normalized spacial score (nSPS) is 11.9. The summed E-state index contributed by atoms with van der Waals surface area (Å²) in [5.74, 6) is -1.06. The quantitative estimate of drug-likeness (QED) is 0.240. The standard InChI is InChI=1S/C28H23N2O2PS/c29-26(31)25(28(34)30-27(32)21-13-5-1-6-14-21)33(22-15-7-2-8-16-22,23-17-9-3-10-18-23)24-19-11-4-12-20-24/h1-20H,(H3-,29,30,31,32,34). The summed E-state index contributed by atoms with van der Waals surface area (Å²) in [5.41, 5.74) is 6.50. The predicted molar refractivity (Wildman–Crippen MR) is 143 cm³/mol. The first-order valence-corrected chi connectivity index (χ1v) is 12.9. The molecule has 0 atom stereocenters. The van der Waals surface area contributed by atoms with Crippen molar-refractivity contribution in [1.82, 2.24) is 5.32 Å². The van der Waals surface area contributed by atoms with E-state index in [9.17, 15) is 9.59 Å². The number of nitrogens with one attached hydrogen (secondary N) is 1. The molecule has 0 fully saturated rings. The lowest BCUT2D eigenvalue weighted by molar-refractivity contribution is -0.114. The Kier molecular flexibility index (Phi) is 7.17. The second-order valence-electron chi connectivity index (χ2n) is 7.54. The topological polar surface area (TPSA) is 72.2 Å². The average molecular weight is 483 g/mol. The van der Waals surface area contributed by atoms with Crippen molar-refractivity contribution in [1.29, 1.82) is 0 Å². The Labute approximate surface area is 205 Å². The fraction of sp³-hybridized carbons (Fsp3) is 0. The molecule has 0 aliphatic rings. The summed E-state index contributed by atoms with van der Waals surface area (Å²) in [6.07, 6.45) is 0. The fourth-order valence-electron chi connectivity index (χ4n) is 4.04. The molecule has 3 N–H and O–H groups in total. The van der Waals surface area contributed by atoms with Crippen LogP contribution in [0.15, 0.2) is 132 Å². The van der Waals surface area contributed by atoms with Crippen LogP contribution in [0.2, 0.25) is 0 Å². The molecular weight excluding hydrogens is 459 g/mol. The van der Waals surface area contributed by atoms with Crippen LogP contribution < -0.4 is 27.0 Å². The van der Waals surface area contributed by atoms with Crippen molar-refractivity contribution in [3.05, 3.63) is 137 Å². The number of benzene rings is 4. The van der Waals surface area contributed by atoms with Gasteiger partial charge in [0.05, 0.1) is 0 Å². The number of amides is 2. The second-order valence-corrected chi connectivity index (χ2v) is 11.3. The van der Waals surface area contributed by atoms with Crippen molar-refractivity contribution >= 4 is 47.6 Å². The first-order valence-electron chi connectivity index (χ1n) is 10.7. The van der Waals surface area contributed by atoms with Gasteiger partial charge in [-0.1, -0.05) is 77.8 Å². The van der Waals surface area contributed by atoms with Gasteiger partial charge in [-0.25, -0.2) is 0 Å². The van der Waals surface area contributed by atoms with Crippen molar-refractivity contribution in [3.63, 3.8) is 0 Å². The van der Waals surface area contributed by atoms with Crippen LogP contribution in [0.4, 0.5) is 0 Å². The summed E-state index contributed by atoms with van der Waals surface area (Å²) in [6, 6.07) is 38.0. The van der Waals surface area contributed by atoms with Gasteiger partial charge >= 0.3 is 0 Å². The van der Waals surface area contributed by atoms with Gasteiger partial charge in [-0.2, -0.15) is 0 Å². The molecule has 0 saturated carbocycles. The van der Waals surface area contributed by atoms with Gasteiger partial charge in [0.2, 0.25) is 0 Å². The summed E-state index contributed by atoms with van der Waals surface area (Å²) in [6.45, 7) is 0. The van der Waals surface area contributed by atoms with Gasteiger partial charge in [-0.15, -0.1) is 0 Å². The third-order valence-electron chi connectivity index (χ3n) is 5.48. The molecule has 4 rings (SSSR count). The van der Waals surface area contributed by atoms with Crippen molar-refractivity contribution in [2.45, 2.75) is 0 Å². The first kappa shape index (κ1) is 23.4. The number of rotatable bonds is 7. The molecule has 0 aromatic heterocycles. The molecule has 0 heterocycles. The lowest BCUT2D eigenvalue weighted by atomic mass is 10.2. The number of nitrogens with two attached hydrogens (primary N) is 1. The van der Waals surface area contributed by atoms with Gasteiger partial charge < -0.3 is 23.7 Å². The van der Waals surface area contributed by atoms with Crippen molar-refractivity contribution in [2.24, 2.45) is 5.73 Å². The predicted octanol–water partition coefficient (Wildman–Crippen LogP) is 3.61. The van der Waals surface area contributed by atoms with Crippen molar-refractivity contribution in [3.8, 4) is 0 Å². The number of hydrogen-bond donors (Lipinski definition) is 2. The van der Waals surface area contributed by atoms with Crippen LogP contribution in [-0.2, 0) is 17.4 Å². The summed E-state index contributed by atoms with van der Waals surface area (Å²) in [4.78, 5) is 26.2. The zero-order valence-electron chi connectivity index (χ0n) is 18.3. The molecule has 0 spiro atoms. The monoisotopic (exact) mass is 482 g/mol. The molecule has 168 valence electrons. The maximum absolute atomic E-state index is 13.2. The zero-order valence-corrected chi connectivity index (χ0v) is 20.0. The highest BCUT2D eigenvalue weighted by molar-refractivity contribution is 8.00. The Morgan fingerprint density at radius 2 is 0.971 bits per heavy atom. The molecule has 0 bridgehead atoms. The summed E-state index contributed by atoms with van der Waals surface area (Å²) >= 11 is 5.73. The van der Waals surface area contributed by atoms with Crippen LogP contribution in [0.3, 0.4) is 0 Å². The van der Waals surface area contributed by atoms with E-state index in [1.807, 2.05) is 97.1 Å². The maximum Gasteiger partial charge on any atom is 0.285 e. The van der Waals surface area contributed by atoms with E-state index >= 15 is 0 Å². The minimum Gasteiger partial charge on any atom is -0.758 e. The van der Waals surface area contributed by atoms with Crippen LogP contribution in [0.25, 0.3) is 0 Å². The fourth-order valence-corrected chi connectivity index (χ4v) is 8.87. The number of primary amides is 1. The van der Waals surface area contributed by atoms with Gasteiger partial charge in [0, 0.05) is 5.56 Å². The lowest BCUT2D eigenvalue weighted by Crippen LogP contribution is -2.38. The van der Waals surface area contributed by atoms with Gasteiger partial charge in [-0.05, 0) is 48.5 Å². The Morgan fingerprint density at radius 1 is 0.618 bits per heavy atom. The molecule has 0 aliphatic heterocycles. The van der Waals surface area contributed by atoms with E-state index in [2.05, 4.69) is 5.32 Å². The molecule has 2 amide bonds. The zero-order chi connectivity index (χ0) is 24.0. The highest BCUT2D eigenvalue weighted by Crippen LogP contribution is 2.62. The van der Waals surface area contributed by atoms with E-state index in [0.717, 1.165) is 15.9 Å². The van der Waals surface area contributed by atoms with Crippen molar-refractivity contribution < 1.29 is 9.59 Å². The lowest BCUT2D eigenvalue weighted by Gasteiger charge is -2.31. The van der Waals surface area contributed by atoms with E-state index in [4.69, 9.17) is 18.4 Å².